The van der Waals surface area contributed by atoms with E-state index in [1.165, 1.54) is 6.07 Å². The van der Waals surface area contributed by atoms with E-state index < -0.39 is 35.2 Å². The van der Waals surface area contributed by atoms with Gasteiger partial charge in [0, 0.05) is 12.2 Å². The van der Waals surface area contributed by atoms with Crippen LogP contribution in [-0.4, -0.2) is 23.0 Å². The molecule has 0 aliphatic carbocycles. The number of halogens is 2. The van der Waals surface area contributed by atoms with Crippen LogP contribution in [0.25, 0.3) is 0 Å². The first-order valence-electron chi connectivity index (χ1n) is 4.87. The Bertz CT molecular complexity index is 558. The highest BCUT2D eigenvalue weighted by atomic mass is 19.2. The summed E-state index contributed by atoms with van der Waals surface area (Å²) in [6.07, 6.45) is 1.12. The zero-order chi connectivity index (χ0) is 14.4. The fourth-order valence-electron chi connectivity index (χ4n) is 1.05. The Kier molecular flexibility index (Phi) is 4.69. The van der Waals surface area contributed by atoms with Crippen LogP contribution >= 0.6 is 0 Å². The number of carboxylic acid groups (broad SMARTS) is 1. The molecule has 0 radical (unpaired) electrons. The van der Waals surface area contributed by atoms with Crippen LogP contribution in [0.2, 0.25) is 0 Å². The van der Waals surface area contributed by atoms with E-state index >= 15 is 0 Å². The van der Waals surface area contributed by atoms with Gasteiger partial charge in [0.25, 0.3) is 5.91 Å². The fraction of sp³-hybridized carbons (Fsp3) is 0. The van der Waals surface area contributed by atoms with Gasteiger partial charge in [0.15, 0.2) is 11.6 Å². The number of hydrogen-bond donors (Lipinski definition) is 3. The van der Waals surface area contributed by atoms with Gasteiger partial charge in [-0.1, -0.05) is 6.07 Å². The Hall–Kier alpha value is -2.77. The van der Waals surface area contributed by atoms with Crippen molar-refractivity contribution in [1.82, 2.24) is 5.32 Å². The van der Waals surface area contributed by atoms with E-state index in [9.17, 15) is 23.2 Å². The molecule has 1 aromatic carbocycles. The molecule has 0 heterocycles. The van der Waals surface area contributed by atoms with Gasteiger partial charge in [-0.2, -0.15) is 0 Å². The average molecular weight is 270 g/mol. The zero-order valence-corrected chi connectivity index (χ0v) is 9.31. The first-order chi connectivity index (χ1) is 8.90. The summed E-state index contributed by atoms with van der Waals surface area (Å²) in [6, 6.07) is 2.00. The molecule has 0 fully saturated rings. The van der Waals surface area contributed by atoms with Crippen molar-refractivity contribution in [3.8, 4) is 0 Å². The van der Waals surface area contributed by atoms with Gasteiger partial charge < -0.3 is 10.4 Å². The maximum absolute atomic E-state index is 13.2. The number of nitrogens with one attached hydrogen (secondary N) is 2. The number of rotatable bonds is 3. The molecule has 0 aliphatic heterocycles. The normalized spacial score (nSPS) is 10.2. The number of urea groups is 1. The minimum absolute atomic E-state index is 0.451. The molecule has 3 amide bonds. The molecule has 3 N–H and O–H groups in total. The summed E-state index contributed by atoms with van der Waals surface area (Å²) in [4.78, 5) is 32.3. The minimum atomic E-state index is -1.37. The molecule has 0 aliphatic rings. The third-order valence-electron chi connectivity index (χ3n) is 1.81. The summed E-state index contributed by atoms with van der Waals surface area (Å²) in [7, 11) is 0. The third-order valence-corrected chi connectivity index (χ3v) is 1.81. The fourth-order valence-corrected chi connectivity index (χ4v) is 1.05. The maximum Gasteiger partial charge on any atom is 0.328 e. The highest BCUT2D eigenvalue weighted by Gasteiger charge is 2.11. The summed E-state index contributed by atoms with van der Waals surface area (Å²) >= 11 is 0. The molecule has 100 valence electrons. The lowest BCUT2D eigenvalue weighted by molar-refractivity contribution is -0.131. The molecule has 0 saturated heterocycles. The van der Waals surface area contributed by atoms with Crippen LogP contribution in [0, 0.1) is 11.6 Å². The first-order valence-corrected chi connectivity index (χ1v) is 4.87. The van der Waals surface area contributed by atoms with Crippen LogP contribution in [0.15, 0.2) is 30.4 Å². The number of imide groups is 1. The third kappa shape index (κ3) is 4.54. The van der Waals surface area contributed by atoms with Crippen molar-refractivity contribution in [2.45, 2.75) is 0 Å². The van der Waals surface area contributed by atoms with Gasteiger partial charge in [-0.25, -0.2) is 18.4 Å². The lowest BCUT2D eigenvalue weighted by atomic mass is 10.3. The Balaban J connectivity index is 2.63. The van der Waals surface area contributed by atoms with Crippen molar-refractivity contribution in [2.24, 2.45) is 0 Å². The number of carboxylic acids is 1. The highest BCUT2D eigenvalue weighted by molar-refractivity contribution is 6.06. The smallest absolute Gasteiger partial charge is 0.328 e. The molecule has 1 aromatic rings. The zero-order valence-electron chi connectivity index (χ0n) is 9.31. The number of carbonyl (C=O) groups is 3. The van der Waals surface area contributed by atoms with Crippen molar-refractivity contribution in [3.05, 3.63) is 42.0 Å². The van der Waals surface area contributed by atoms with Crippen molar-refractivity contribution in [3.63, 3.8) is 0 Å². The van der Waals surface area contributed by atoms with Crippen LogP contribution in [0.4, 0.5) is 19.3 Å². The monoisotopic (exact) mass is 270 g/mol. The summed E-state index contributed by atoms with van der Waals surface area (Å²) in [6.45, 7) is 0. The molecule has 0 aromatic heterocycles. The van der Waals surface area contributed by atoms with E-state index in [1.807, 2.05) is 5.32 Å². The van der Waals surface area contributed by atoms with Gasteiger partial charge in [0.05, 0.1) is 5.69 Å². The number of anilines is 1. The van der Waals surface area contributed by atoms with Gasteiger partial charge in [-0.3, -0.25) is 10.1 Å². The van der Waals surface area contributed by atoms with Crippen molar-refractivity contribution in [2.75, 3.05) is 5.32 Å². The van der Waals surface area contributed by atoms with Crippen LogP contribution < -0.4 is 10.6 Å². The molecule has 8 heteroatoms. The van der Waals surface area contributed by atoms with Gasteiger partial charge >= 0.3 is 12.0 Å². The second kappa shape index (κ2) is 6.24. The molecular formula is C11H8F2N2O4. The lowest BCUT2D eigenvalue weighted by Crippen LogP contribution is -2.33. The van der Waals surface area contributed by atoms with E-state index in [1.54, 1.807) is 5.32 Å². The van der Waals surface area contributed by atoms with E-state index in [0.29, 0.717) is 12.2 Å². The number of carbonyl (C=O) groups excluding carboxylic acids is 2. The number of benzene rings is 1. The summed E-state index contributed by atoms with van der Waals surface area (Å²) in [5, 5.41) is 11.8. The predicted octanol–water partition coefficient (Wildman–Crippen LogP) is 1.25. The highest BCUT2D eigenvalue weighted by Crippen LogP contribution is 2.16. The second-order valence-electron chi connectivity index (χ2n) is 3.22. The molecule has 0 bridgehead atoms. The average Bonchev–Trinajstić information content (AvgIpc) is 2.32. The van der Waals surface area contributed by atoms with Gasteiger partial charge in [-0.15, -0.1) is 0 Å². The van der Waals surface area contributed by atoms with E-state index in [0.717, 1.165) is 12.1 Å². The van der Waals surface area contributed by atoms with Crippen molar-refractivity contribution >= 4 is 23.6 Å². The van der Waals surface area contributed by atoms with Crippen LogP contribution in [0.3, 0.4) is 0 Å². The molecule has 0 saturated carbocycles. The Labute approximate surface area is 105 Å². The van der Waals surface area contributed by atoms with Crippen LogP contribution in [-0.2, 0) is 9.59 Å². The van der Waals surface area contributed by atoms with Crippen molar-refractivity contribution < 1.29 is 28.3 Å². The largest absolute Gasteiger partial charge is 0.478 e. The van der Waals surface area contributed by atoms with Gasteiger partial charge in [-0.05, 0) is 12.1 Å². The summed E-state index contributed by atoms with van der Waals surface area (Å²) in [5.41, 5.74) is -0.451. The minimum Gasteiger partial charge on any atom is -0.478 e. The van der Waals surface area contributed by atoms with Gasteiger partial charge in [0.2, 0.25) is 0 Å². The molecule has 6 nitrogen and oxygen atoms in total. The standard InChI is InChI=1S/C11H8F2N2O4/c12-6-2-1-3-7(10(6)13)14-11(19)15-8(16)4-5-9(17)18/h1-5H,(H,17,18)(H2,14,15,16,19)/b5-4+. The molecule has 0 unspecified atom stereocenters. The summed E-state index contributed by atoms with van der Waals surface area (Å²) < 4.78 is 26.0. The maximum atomic E-state index is 13.2. The van der Waals surface area contributed by atoms with E-state index in [4.69, 9.17) is 5.11 Å². The Morgan fingerprint density at radius 3 is 2.47 bits per heavy atom. The van der Waals surface area contributed by atoms with Crippen molar-refractivity contribution in [1.29, 1.82) is 0 Å². The molecule has 19 heavy (non-hydrogen) atoms. The molecule has 0 spiro atoms. The molecule has 0 atom stereocenters. The Morgan fingerprint density at radius 2 is 1.84 bits per heavy atom. The Morgan fingerprint density at radius 1 is 1.16 bits per heavy atom. The number of aliphatic carboxylic acids is 1. The SMILES string of the molecule is O=C(O)/C=C/C(=O)NC(=O)Nc1cccc(F)c1F. The van der Waals surface area contributed by atoms with Gasteiger partial charge in [0.1, 0.15) is 0 Å². The van der Waals surface area contributed by atoms with E-state index in [2.05, 4.69) is 0 Å². The van der Waals surface area contributed by atoms with Crippen LogP contribution in [0.5, 0.6) is 0 Å². The quantitative estimate of drug-likeness (QED) is 0.720. The predicted molar refractivity (Wildman–Crippen MR) is 60.3 cm³/mol. The molecular weight excluding hydrogens is 262 g/mol. The first kappa shape index (κ1) is 14.3. The lowest BCUT2D eigenvalue weighted by Gasteiger charge is -2.06. The number of amides is 3. The van der Waals surface area contributed by atoms with E-state index in [-0.39, 0.29) is 0 Å². The number of hydrogen-bond acceptors (Lipinski definition) is 3. The molecule has 1 rings (SSSR count). The summed E-state index contributed by atoms with van der Waals surface area (Å²) in [5.74, 6) is -4.82. The topological polar surface area (TPSA) is 95.5 Å². The van der Waals surface area contributed by atoms with Crippen LogP contribution in [0.1, 0.15) is 0 Å². The second-order valence-corrected chi connectivity index (χ2v) is 3.22.